The van der Waals surface area contributed by atoms with E-state index < -0.39 is 5.97 Å². The van der Waals surface area contributed by atoms with Crippen molar-refractivity contribution in [3.8, 4) is 0 Å². The van der Waals surface area contributed by atoms with Crippen molar-refractivity contribution in [2.24, 2.45) is 0 Å². The van der Waals surface area contributed by atoms with Gasteiger partial charge in [0.15, 0.2) is 0 Å². The molecule has 0 saturated carbocycles. The molecule has 0 aliphatic heterocycles. The van der Waals surface area contributed by atoms with Crippen molar-refractivity contribution in [3.63, 3.8) is 0 Å². The molecule has 132 valence electrons. The van der Waals surface area contributed by atoms with Gasteiger partial charge in [0, 0.05) is 17.2 Å². The highest BCUT2D eigenvalue weighted by Crippen LogP contribution is 2.42. The van der Waals surface area contributed by atoms with E-state index in [0.29, 0.717) is 16.5 Å². The first kappa shape index (κ1) is 18.0. The van der Waals surface area contributed by atoms with Crippen LogP contribution in [-0.4, -0.2) is 24.9 Å². The van der Waals surface area contributed by atoms with Gasteiger partial charge in [0.2, 0.25) is 5.91 Å². The van der Waals surface area contributed by atoms with Crippen molar-refractivity contribution in [2.45, 2.75) is 31.6 Å². The fourth-order valence-corrected chi connectivity index (χ4v) is 4.78. The Morgan fingerprint density at radius 3 is 2.76 bits per heavy atom. The predicted octanol–water partition coefficient (Wildman–Crippen LogP) is 4.37. The molecule has 4 nitrogen and oxygen atoms in total. The third kappa shape index (κ3) is 3.88. The summed E-state index contributed by atoms with van der Waals surface area (Å²) >= 11 is 7.11. The Hall–Kier alpha value is -1.85. The van der Waals surface area contributed by atoms with Gasteiger partial charge in [-0.25, -0.2) is 4.79 Å². The number of hydrogen-bond acceptors (Lipinski definition) is 4. The number of methoxy groups -OCH3 is 1. The number of amides is 1. The number of alkyl halides is 1. The fraction of sp³-hybridized carbons (Fsp3) is 0.368. The summed E-state index contributed by atoms with van der Waals surface area (Å²) in [6, 6.07) is 10.4. The SMILES string of the molecule is COC(=O)c1c(NC(=O)CCCl)sc2c1CC[C@H](c1ccccc1)C2. The summed E-state index contributed by atoms with van der Waals surface area (Å²) < 4.78 is 4.94. The molecule has 6 heteroatoms. The van der Waals surface area contributed by atoms with Gasteiger partial charge in [-0.15, -0.1) is 22.9 Å². The van der Waals surface area contributed by atoms with Crippen LogP contribution in [0.2, 0.25) is 0 Å². The standard InChI is InChI=1S/C19H20ClNO3S/c1-24-19(23)17-14-8-7-13(12-5-3-2-4-6-12)11-15(14)25-18(17)21-16(22)9-10-20/h2-6,13H,7-11H2,1H3,(H,21,22)/t13-/m0/s1. The van der Waals surface area contributed by atoms with Crippen LogP contribution in [-0.2, 0) is 22.4 Å². The van der Waals surface area contributed by atoms with Crippen LogP contribution in [0.1, 0.15) is 45.1 Å². The molecule has 0 fully saturated rings. The smallest absolute Gasteiger partial charge is 0.341 e. The van der Waals surface area contributed by atoms with Crippen LogP contribution in [0.25, 0.3) is 0 Å². The maximum atomic E-state index is 12.3. The molecule has 1 N–H and O–H groups in total. The number of rotatable bonds is 5. The van der Waals surface area contributed by atoms with Crippen molar-refractivity contribution in [3.05, 3.63) is 51.9 Å². The van der Waals surface area contributed by atoms with Gasteiger partial charge in [0.1, 0.15) is 5.00 Å². The molecule has 1 atom stereocenters. The van der Waals surface area contributed by atoms with E-state index in [1.54, 1.807) is 0 Å². The lowest BCUT2D eigenvalue weighted by atomic mass is 9.83. The Balaban J connectivity index is 1.91. The molecule has 0 unspecified atom stereocenters. The van der Waals surface area contributed by atoms with Gasteiger partial charge in [-0.1, -0.05) is 30.3 Å². The maximum absolute atomic E-state index is 12.3. The minimum absolute atomic E-state index is 0.182. The summed E-state index contributed by atoms with van der Waals surface area (Å²) in [5.41, 5.74) is 2.84. The Bertz CT molecular complexity index is 772. The highest BCUT2D eigenvalue weighted by Gasteiger charge is 2.30. The van der Waals surface area contributed by atoms with Gasteiger partial charge in [-0.05, 0) is 36.3 Å². The van der Waals surface area contributed by atoms with Crippen LogP contribution in [0.3, 0.4) is 0 Å². The second-order valence-electron chi connectivity index (χ2n) is 6.04. The zero-order chi connectivity index (χ0) is 17.8. The monoisotopic (exact) mass is 377 g/mol. The third-order valence-corrected chi connectivity index (χ3v) is 5.86. The molecular formula is C19H20ClNO3S. The average Bonchev–Trinajstić information content (AvgIpc) is 2.98. The van der Waals surface area contributed by atoms with E-state index in [0.717, 1.165) is 29.7 Å². The second-order valence-corrected chi connectivity index (χ2v) is 7.52. The summed E-state index contributed by atoms with van der Waals surface area (Å²) in [6.45, 7) is 0. The maximum Gasteiger partial charge on any atom is 0.341 e. The van der Waals surface area contributed by atoms with E-state index >= 15 is 0 Å². The molecule has 0 saturated heterocycles. The Kier molecular flexibility index (Phi) is 5.76. The van der Waals surface area contributed by atoms with E-state index in [1.165, 1.54) is 24.0 Å². The summed E-state index contributed by atoms with van der Waals surface area (Å²) in [5, 5.41) is 3.42. The number of halogens is 1. The zero-order valence-corrected chi connectivity index (χ0v) is 15.6. The first-order valence-electron chi connectivity index (χ1n) is 8.27. The molecule has 1 aliphatic rings. The van der Waals surface area contributed by atoms with Crippen molar-refractivity contribution in [2.75, 3.05) is 18.3 Å². The molecule has 2 aromatic rings. The third-order valence-electron chi connectivity index (χ3n) is 4.50. The Morgan fingerprint density at radius 2 is 2.08 bits per heavy atom. The van der Waals surface area contributed by atoms with Gasteiger partial charge in [0.25, 0.3) is 0 Å². The topological polar surface area (TPSA) is 55.4 Å². The number of thiophene rings is 1. The van der Waals surface area contributed by atoms with Gasteiger partial charge in [-0.3, -0.25) is 4.79 Å². The van der Waals surface area contributed by atoms with Crippen LogP contribution >= 0.6 is 22.9 Å². The molecule has 1 aliphatic carbocycles. The quantitative estimate of drug-likeness (QED) is 0.621. The van der Waals surface area contributed by atoms with E-state index in [4.69, 9.17) is 16.3 Å². The van der Waals surface area contributed by atoms with Gasteiger partial charge in [0.05, 0.1) is 12.7 Å². The number of benzene rings is 1. The highest BCUT2D eigenvalue weighted by molar-refractivity contribution is 7.17. The molecule has 1 aromatic heterocycles. The fourth-order valence-electron chi connectivity index (χ4n) is 3.28. The largest absolute Gasteiger partial charge is 0.465 e. The van der Waals surface area contributed by atoms with Crippen LogP contribution in [0.5, 0.6) is 0 Å². The number of carbonyl (C=O) groups is 2. The zero-order valence-electron chi connectivity index (χ0n) is 14.0. The summed E-state index contributed by atoms with van der Waals surface area (Å²) in [5.74, 6) is 0.111. The minimum atomic E-state index is -0.392. The van der Waals surface area contributed by atoms with Crippen molar-refractivity contribution >= 4 is 39.8 Å². The number of esters is 1. The van der Waals surface area contributed by atoms with Gasteiger partial charge < -0.3 is 10.1 Å². The molecule has 25 heavy (non-hydrogen) atoms. The molecule has 1 aromatic carbocycles. The first-order chi connectivity index (χ1) is 12.1. The van der Waals surface area contributed by atoms with E-state index in [2.05, 4.69) is 29.6 Å². The van der Waals surface area contributed by atoms with Crippen LogP contribution in [0.15, 0.2) is 30.3 Å². The van der Waals surface area contributed by atoms with E-state index in [1.807, 2.05) is 6.07 Å². The second kappa shape index (κ2) is 8.02. The molecule has 0 bridgehead atoms. The van der Waals surface area contributed by atoms with Crippen molar-refractivity contribution in [1.82, 2.24) is 0 Å². The number of anilines is 1. The van der Waals surface area contributed by atoms with Crippen LogP contribution < -0.4 is 5.32 Å². The van der Waals surface area contributed by atoms with Gasteiger partial charge in [-0.2, -0.15) is 0 Å². The first-order valence-corrected chi connectivity index (χ1v) is 9.62. The van der Waals surface area contributed by atoms with E-state index in [9.17, 15) is 9.59 Å². The number of fused-ring (bicyclic) bond motifs is 1. The molecular weight excluding hydrogens is 358 g/mol. The molecule has 1 amide bonds. The minimum Gasteiger partial charge on any atom is -0.465 e. The Labute approximate surface area is 156 Å². The molecule has 0 radical (unpaired) electrons. The molecule has 3 rings (SSSR count). The normalized spacial score (nSPS) is 16.2. The number of carbonyl (C=O) groups excluding carboxylic acids is 2. The van der Waals surface area contributed by atoms with Crippen molar-refractivity contribution in [1.29, 1.82) is 0 Å². The lowest BCUT2D eigenvalue weighted by Crippen LogP contribution is -2.16. The lowest BCUT2D eigenvalue weighted by molar-refractivity contribution is -0.115. The number of nitrogens with one attached hydrogen (secondary N) is 1. The summed E-state index contributed by atoms with van der Waals surface area (Å²) in [4.78, 5) is 25.4. The Morgan fingerprint density at radius 1 is 1.32 bits per heavy atom. The molecule has 1 heterocycles. The average molecular weight is 378 g/mol. The summed E-state index contributed by atoms with van der Waals surface area (Å²) in [6.07, 6.45) is 2.88. The van der Waals surface area contributed by atoms with Gasteiger partial charge >= 0.3 is 5.97 Å². The predicted molar refractivity (Wildman–Crippen MR) is 101 cm³/mol. The lowest BCUT2D eigenvalue weighted by Gasteiger charge is -2.22. The molecule has 0 spiro atoms. The van der Waals surface area contributed by atoms with Crippen molar-refractivity contribution < 1.29 is 14.3 Å². The van der Waals surface area contributed by atoms with E-state index in [-0.39, 0.29) is 18.2 Å². The van der Waals surface area contributed by atoms with Crippen LogP contribution in [0.4, 0.5) is 5.00 Å². The van der Waals surface area contributed by atoms with Crippen LogP contribution in [0, 0.1) is 0 Å². The number of hydrogen-bond donors (Lipinski definition) is 1. The number of ether oxygens (including phenoxy) is 1. The summed E-state index contributed by atoms with van der Waals surface area (Å²) in [7, 11) is 1.37. The highest BCUT2D eigenvalue weighted by atomic mass is 35.5.